The first kappa shape index (κ1) is 31.6. The van der Waals surface area contributed by atoms with Crippen LogP contribution in [0.1, 0.15) is 149 Å². The molecule has 0 aromatic rings. The van der Waals surface area contributed by atoms with Gasteiger partial charge in [-0.25, -0.2) is 4.18 Å². The fourth-order valence-electron chi connectivity index (χ4n) is 4.16. The molecule has 0 rings (SSSR count). The van der Waals surface area contributed by atoms with Crippen molar-refractivity contribution in [1.82, 2.24) is 0 Å². The van der Waals surface area contributed by atoms with Gasteiger partial charge in [0, 0.05) is 5.92 Å². The van der Waals surface area contributed by atoms with E-state index in [0.29, 0.717) is 0 Å². The van der Waals surface area contributed by atoms with Gasteiger partial charge in [-0.05, 0) is 19.3 Å². The van der Waals surface area contributed by atoms with Gasteiger partial charge in [0.2, 0.25) is 0 Å². The van der Waals surface area contributed by atoms with E-state index in [4.69, 9.17) is 4.55 Å². The number of hydrogen-bond donors (Lipinski definition) is 1. The number of allylic oxidation sites excluding steroid dienone is 1. The molecule has 0 aromatic heterocycles. The molecule has 192 valence electrons. The first-order chi connectivity index (χ1) is 15.5. The van der Waals surface area contributed by atoms with Crippen molar-refractivity contribution in [2.24, 2.45) is 5.92 Å². The molecule has 0 aliphatic rings. The second-order valence-electron chi connectivity index (χ2n) is 9.49. The normalized spacial score (nSPS) is 13.2. The number of unbranched alkanes of at least 4 members (excludes halogenated alkanes) is 18. The molecule has 0 aliphatic heterocycles. The van der Waals surface area contributed by atoms with Crippen LogP contribution >= 0.6 is 0 Å². The highest BCUT2D eigenvalue weighted by Crippen LogP contribution is 2.17. The minimum absolute atomic E-state index is 0.0462. The van der Waals surface area contributed by atoms with E-state index >= 15 is 0 Å². The lowest BCUT2D eigenvalue weighted by Crippen LogP contribution is -2.12. The lowest BCUT2D eigenvalue weighted by Gasteiger charge is -2.12. The van der Waals surface area contributed by atoms with Crippen molar-refractivity contribution in [1.29, 1.82) is 0 Å². The zero-order chi connectivity index (χ0) is 23.8. The largest absolute Gasteiger partial charge is 0.397 e. The Balaban J connectivity index is 3.88. The fourth-order valence-corrected chi connectivity index (χ4v) is 4.51. The predicted octanol–water partition coefficient (Wildman–Crippen LogP) is 9.21. The predicted molar refractivity (Wildman–Crippen MR) is 138 cm³/mol. The summed E-state index contributed by atoms with van der Waals surface area (Å²) in [5.41, 5.74) is 0. The molecular weight excluding hydrogens is 420 g/mol. The van der Waals surface area contributed by atoms with Gasteiger partial charge in [0.05, 0.1) is 6.61 Å². The molecule has 32 heavy (non-hydrogen) atoms. The van der Waals surface area contributed by atoms with Gasteiger partial charge < -0.3 is 0 Å². The van der Waals surface area contributed by atoms with Crippen LogP contribution in [0.3, 0.4) is 0 Å². The first-order valence-corrected chi connectivity index (χ1v) is 15.1. The van der Waals surface area contributed by atoms with Gasteiger partial charge in [-0.15, -0.1) is 0 Å². The topological polar surface area (TPSA) is 63.6 Å². The molecular formula is C27H54O4S. The average Bonchev–Trinajstić information content (AvgIpc) is 2.75. The molecule has 1 unspecified atom stereocenters. The smallest absolute Gasteiger partial charge is 0.264 e. The van der Waals surface area contributed by atoms with Crippen LogP contribution in [-0.2, 0) is 14.6 Å². The molecule has 0 aliphatic carbocycles. The van der Waals surface area contributed by atoms with Gasteiger partial charge in [0.15, 0.2) is 0 Å². The highest BCUT2D eigenvalue weighted by atomic mass is 32.3. The van der Waals surface area contributed by atoms with E-state index in [1.54, 1.807) is 0 Å². The maximum Gasteiger partial charge on any atom is 0.397 e. The summed E-state index contributed by atoms with van der Waals surface area (Å²) in [6.45, 7) is 4.55. The van der Waals surface area contributed by atoms with Crippen molar-refractivity contribution < 1.29 is 17.2 Å². The second kappa shape index (κ2) is 23.8. The summed E-state index contributed by atoms with van der Waals surface area (Å²) in [4.78, 5) is 0. The summed E-state index contributed by atoms with van der Waals surface area (Å²) in [6.07, 6.45) is 31.0. The lowest BCUT2D eigenvalue weighted by molar-refractivity contribution is 0.234. The Morgan fingerprint density at radius 3 is 1.50 bits per heavy atom. The van der Waals surface area contributed by atoms with Crippen LogP contribution in [0.4, 0.5) is 0 Å². The highest BCUT2D eigenvalue weighted by molar-refractivity contribution is 7.80. The highest BCUT2D eigenvalue weighted by Gasteiger charge is 2.11. The van der Waals surface area contributed by atoms with Gasteiger partial charge in [-0.3, -0.25) is 4.55 Å². The van der Waals surface area contributed by atoms with Crippen molar-refractivity contribution in [3.8, 4) is 0 Å². The average molecular weight is 475 g/mol. The van der Waals surface area contributed by atoms with Gasteiger partial charge in [-0.1, -0.05) is 142 Å². The molecule has 0 heterocycles. The standard InChI is InChI=1S/C27H54O4S/c1-3-5-7-9-11-13-15-17-19-21-23-25-27(26-31-32(28,29)30)24-22-20-18-16-14-12-10-8-6-4-2/h23,25,27H,3-22,24,26H2,1-2H3,(H,28,29,30)/b25-23+. The van der Waals surface area contributed by atoms with Crippen LogP contribution in [0.5, 0.6) is 0 Å². The third-order valence-electron chi connectivity index (χ3n) is 6.24. The van der Waals surface area contributed by atoms with Crippen LogP contribution in [0.2, 0.25) is 0 Å². The van der Waals surface area contributed by atoms with Gasteiger partial charge in [0.1, 0.15) is 0 Å². The van der Waals surface area contributed by atoms with Gasteiger partial charge in [0.25, 0.3) is 0 Å². The Morgan fingerprint density at radius 2 is 1.06 bits per heavy atom. The van der Waals surface area contributed by atoms with Crippen LogP contribution < -0.4 is 0 Å². The molecule has 4 nitrogen and oxygen atoms in total. The Bertz CT molecular complexity index is 502. The maximum atomic E-state index is 10.9. The van der Waals surface area contributed by atoms with E-state index in [0.717, 1.165) is 19.3 Å². The second-order valence-corrected chi connectivity index (χ2v) is 10.6. The Morgan fingerprint density at radius 1 is 0.656 bits per heavy atom. The van der Waals surface area contributed by atoms with Crippen molar-refractivity contribution in [3.05, 3.63) is 12.2 Å². The zero-order valence-corrected chi connectivity index (χ0v) is 22.2. The molecule has 1 atom stereocenters. The number of hydrogen-bond acceptors (Lipinski definition) is 3. The van der Waals surface area contributed by atoms with Crippen LogP contribution in [0.25, 0.3) is 0 Å². The van der Waals surface area contributed by atoms with Crippen LogP contribution in [0, 0.1) is 5.92 Å². The summed E-state index contributed by atoms with van der Waals surface area (Å²) in [6, 6.07) is 0. The maximum absolute atomic E-state index is 10.9. The summed E-state index contributed by atoms with van der Waals surface area (Å²) in [5.74, 6) is 0.0598. The molecule has 0 saturated heterocycles. The molecule has 0 aromatic carbocycles. The molecule has 0 radical (unpaired) electrons. The molecule has 0 fully saturated rings. The number of rotatable bonds is 25. The van der Waals surface area contributed by atoms with Crippen LogP contribution in [0.15, 0.2) is 12.2 Å². The van der Waals surface area contributed by atoms with Crippen molar-refractivity contribution >= 4 is 10.4 Å². The molecule has 0 bridgehead atoms. The molecule has 5 heteroatoms. The fraction of sp³-hybridized carbons (Fsp3) is 0.926. The SMILES string of the molecule is CCCCCCCCCCC/C=C/C(CCCCCCCCCCCC)COS(=O)(=O)O. The van der Waals surface area contributed by atoms with E-state index in [1.807, 2.05) is 0 Å². The third kappa shape index (κ3) is 25.9. The summed E-state index contributed by atoms with van der Waals surface area (Å²) >= 11 is 0. The Kier molecular flexibility index (Phi) is 23.5. The van der Waals surface area contributed by atoms with Crippen molar-refractivity contribution in [3.63, 3.8) is 0 Å². The van der Waals surface area contributed by atoms with E-state index in [1.165, 1.54) is 116 Å². The van der Waals surface area contributed by atoms with Crippen molar-refractivity contribution in [2.75, 3.05) is 6.61 Å². The lowest BCUT2D eigenvalue weighted by atomic mass is 9.99. The van der Waals surface area contributed by atoms with Gasteiger partial charge in [-0.2, -0.15) is 8.42 Å². The minimum atomic E-state index is -4.36. The van der Waals surface area contributed by atoms with Crippen LogP contribution in [-0.4, -0.2) is 19.6 Å². The quantitative estimate of drug-likeness (QED) is 0.0813. The Hall–Kier alpha value is -0.390. The third-order valence-corrected chi connectivity index (χ3v) is 6.68. The minimum Gasteiger partial charge on any atom is -0.264 e. The van der Waals surface area contributed by atoms with E-state index < -0.39 is 10.4 Å². The summed E-state index contributed by atoms with van der Waals surface area (Å²) < 4.78 is 35.5. The first-order valence-electron chi connectivity index (χ1n) is 13.8. The van der Waals surface area contributed by atoms with E-state index in [9.17, 15) is 8.42 Å². The summed E-state index contributed by atoms with van der Waals surface area (Å²) in [5, 5.41) is 0. The molecule has 0 spiro atoms. The molecule has 1 N–H and O–H groups in total. The van der Waals surface area contributed by atoms with Gasteiger partial charge >= 0.3 is 10.4 Å². The zero-order valence-electron chi connectivity index (χ0n) is 21.4. The Labute approximate surface area is 200 Å². The van der Waals surface area contributed by atoms with Crippen molar-refractivity contribution in [2.45, 2.75) is 149 Å². The monoisotopic (exact) mass is 474 g/mol. The molecule has 0 saturated carbocycles. The molecule has 0 amide bonds. The summed E-state index contributed by atoms with van der Waals surface area (Å²) in [7, 11) is -4.36. The van der Waals surface area contributed by atoms with E-state index in [2.05, 4.69) is 30.2 Å². The van der Waals surface area contributed by atoms with E-state index in [-0.39, 0.29) is 12.5 Å².